The standard InChI is InChI=1S/C15H20FN/c1-8-3-13(16)4-9(2)14(8)15(17)12-6-10-5-11(10)7-12/h3-4,10-12,15H,5-7,17H2,1-2H3. The zero-order valence-electron chi connectivity index (χ0n) is 10.5. The summed E-state index contributed by atoms with van der Waals surface area (Å²) in [7, 11) is 0. The summed E-state index contributed by atoms with van der Waals surface area (Å²) in [6.45, 7) is 3.95. The normalized spacial score (nSPS) is 32.4. The lowest BCUT2D eigenvalue weighted by atomic mass is 9.85. The van der Waals surface area contributed by atoms with Crippen molar-refractivity contribution < 1.29 is 4.39 Å². The Hall–Kier alpha value is -0.890. The molecule has 2 heteroatoms. The van der Waals surface area contributed by atoms with Crippen molar-refractivity contribution in [2.75, 3.05) is 0 Å². The van der Waals surface area contributed by atoms with Gasteiger partial charge in [0.2, 0.25) is 0 Å². The Kier molecular flexibility index (Phi) is 2.51. The molecule has 0 heterocycles. The van der Waals surface area contributed by atoms with E-state index in [9.17, 15) is 4.39 Å². The lowest BCUT2D eigenvalue weighted by Crippen LogP contribution is -2.22. The molecule has 3 atom stereocenters. The number of fused-ring (bicyclic) bond motifs is 1. The van der Waals surface area contributed by atoms with Crippen molar-refractivity contribution in [3.8, 4) is 0 Å². The Morgan fingerprint density at radius 1 is 1.12 bits per heavy atom. The minimum absolute atomic E-state index is 0.100. The van der Waals surface area contributed by atoms with Gasteiger partial charge in [-0.2, -0.15) is 0 Å². The first-order valence-corrected chi connectivity index (χ1v) is 6.58. The summed E-state index contributed by atoms with van der Waals surface area (Å²) in [5.74, 6) is 2.37. The third kappa shape index (κ3) is 1.89. The lowest BCUT2D eigenvalue weighted by molar-refractivity contribution is 0.401. The first-order chi connectivity index (χ1) is 8.06. The van der Waals surface area contributed by atoms with E-state index in [0.717, 1.165) is 23.0 Å². The molecule has 1 aromatic rings. The maximum atomic E-state index is 13.3. The predicted molar refractivity (Wildman–Crippen MR) is 67.1 cm³/mol. The maximum Gasteiger partial charge on any atom is 0.123 e. The van der Waals surface area contributed by atoms with Crippen LogP contribution >= 0.6 is 0 Å². The van der Waals surface area contributed by atoms with Crippen LogP contribution in [-0.4, -0.2) is 0 Å². The molecular formula is C15H20FN. The molecule has 0 aromatic heterocycles. The van der Waals surface area contributed by atoms with Crippen LogP contribution in [0.25, 0.3) is 0 Å². The Morgan fingerprint density at radius 2 is 1.65 bits per heavy atom. The van der Waals surface area contributed by atoms with E-state index in [1.54, 1.807) is 12.1 Å². The monoisotopic (exact) mass is 233 g/mol. The van der Waals surface area contributed by atoms with Crippen molar-refractivity contribution in [3.63, 3.8) is 0 Å². The second-order valence-corrected chi connectivity index (χ2v) is 5.97. The Morgan fingerprint density at radius 3 is 2.18 bits per heavy atom. The van der Waals surface area contributed by atoms with Gasteiger partial charge in [-0.05, 0) is 79.7 Å². The van der Waals surface area contributed by atoms with E-state index in [1.807, 2.05) is 13.8 Å². The fourth-order valence-corrected chi connectivity index (χ4v) is 3.74. The van der Waals surface area contributed by atoms with E-state index in [2.05, 4.69) is 0 Å². The van der Waals surface area contributed by atoms with Crippen LogP contribution in [0, 0.1) is 37.4 Å². The van der Waals surface area contributed by atoms with E-state index >= 15 is 0 Å². The zero-order valence-corrected chi connectivity index (χ0v) is 10.5. The molecular weight excluding hydrogens is 213 g/mol. The first-order valence-electron chi connectivity index (χ1n) is 6.58. The van der Waals surface area contributed by atoms with Gasteiger partial charge in [-0.15, -0.1) is 0 Å². The van der Waals surface area contributed by atoms with E-state index in [0.29, 0.717) is 5.92 Å². The van der Waals surface area contributed by atoms with Crippen LogP contribution in [0.5, 0.6) is 0 Å². The molecule has 2 saturated carbocycles. The molecule has 2 aliphatic rings. The Labute approximate surface area is 102 Å². The Bertz CT molecular complexity index is 421. The molecule has 0 saturated heterocycles. The van der Waals surface area contributed by atoms with Crippen LogP contribution in [0.1, 0.15) is 42.0 Å². The number of hydrogen-bond donors (Lipinski definition) is 1. The van der Waals surface area contributed by atoms with Crippen LogP contribution in [0.4, 0.5) is 4.39 Å². The van der Waals surface area contributed by atoms with Crippen molar-refractivity contribution in [1.29, 1.82) is 0 Å². The highest BCUT2D eigenvalue weighted by molar-refractivity contribution is 5.37. The average Bonchev–Trinajstić information content (AvgIpc) is 2.84. The highest BCUT2D eigenvalue weighted by Gasteiger charge is 2.47. The molecule has 1 aromatic carbocycles. The van der Waals surface area contributed by atoms with Gasteiger partial charge in [0.05, 0.1) is 0 Å². The number of nitrogens with two attached hydrogens (primary N) is 1. The van der Waals surface area contributed by atoms with Crippen LogP contribution in [0.2, 0.25) is 0 Å². The predicted octanol–water partition coefficient (Wildman–Crippen LogP) is 3.49. The SMILES string of the molecule is Cc1cc(F)cc(C)c1C(N)C1CC2CC2C1. The molecule has 92 valence electrons. The molecule has 0 bridgehead atoms. The largest absolute Gasteiger partial charge is 0.324 e. The molecule has 0 radical (unpaired) electrons. The van der Waals surface area contributed by atoms with Crippen molar-refractivity contribution in [3.05, 3.63) is 34.6 Å². The topological polar surface area (TPSA) is 26.0 Å². The van der Waals surface area contributed by atoms with Crippen molar-refractivity contribution in [2.45, 2.75) is 39.2 Å². The highest BCUT2D eigenvalue weighted by atomic mass is 19.1. The quantitative estimate of drug-likeness (QED) is 0.831. The second kappa shape index (κ2) is 3.81. The van der Waals surface area contributed by atoms with Gasteiger partial charge in [0.15, 0.2) is 0 Å². The van der Waals surface area contributed by atoms with Gasteiger partial charge < -0.3 is 5.73 Å². The van der Waals surface area contributed by atoms with E-state index in [-0.39, 0.29) is 11.9 Å². The fraction of sp³-hybridized carbons (Fsp3) is 0.600. The molecule has 2 N–H and O–H groups in total. The first kappa shape index (κ1) is 11.2. The summed E-state index contributed by atoms with van der Waals surface area (Å²) >= 11 is 0. The van der Waals surface area contributed by atoms with Crippen molar-refractivity contribution >= 4 is 0 Å². The molecule has 1 nitrogen and oxygen atoms in total. The summed E-state index contributed by atoms with van der Waals surface area (Å²) in [6.07, 6.45) is 3.98. The molecule has 3 unspecified atom stereocenters. The summed E-state index contributed by atoms with van der Waals surface area (Å²) in [5, 5.41) is 0. The van der Waals surface area contributed by atoms with Crippen molar-refractivity contribution in [1.82, 2.24) is 0 Å². The number of benzene rings is 1. The average molecular weight is 233 g/mol. The number of rotatable bonds is 2. The molecule has 2 aliphatic carbocycles. The van der Waals surface area contributed by atoms with Crippen molar-refractivity contribution in [2.24, 2.45) is 23.5 Å². The summed E-state index contributed by atoms with van der Waals surface area (Å²) < 4.78 is 13.3. The zero-order chi connectivity index (χ0) is 12.2. The van der Waals surface area contributed by atoms with Gasteiger partial charge in [0, 0.05) is 6.04 Å². The molecule has 2 fully saturated rings. The Balaban J connectivity index is 1.87. The van der Waals surface area contributed by atoms with Crippen LogP contribution in [0.15, 0.2) is 12.1 Å². The third-order valence-electron chi connectivity index (χ3n) is 4.68. The van der Waals surface area contributed by atoms with Gasteiger partial charge in [0.1, 0.15) is 5.82 Å². The van der Waals surface area contributed by atoms with Gasteiger partial charge in [-0.3, -0.25) is 0 Å². The minimum Gasteiger partial charge on any atom is -0.324 e. The minimum atomic E-state index is -0.148. The molecule has 17 heavy (non-hydrogen) atoms. The van der Waals surface area contributed by atoms with E-state index in [4.69, 9.17) is 5.73 Å². The smallest absolute Gasteiger partial charge is 0.123 e. The number of halogens is 1. The van der Waals surface area contributed by atoms with E-state index < -0.39 is 0 Å². The number of hydrogen-bond acceptors (Lipinski definition) is 1. The summed E-state index contributed by atoms with van der Waals surface area (Å²) in [4.78, 5) is 0. The van der Waals surface area contributed by atoms with Gasteiger partial charge in [-0.1, -0.05) is 0 Å². The highest BCUT2D eigenvalue weighted by Crippen LogP contribution is 2.57. The maximum absolute atomic E-state index is 13.3. The summed E-state index contributed by atoms with van der Waals surface area (Å²) in [5.41, 5.74) is 9.61. The van der Waals surface area contributed by atoms with Gasteiger partial charge >= 0.3 is 0 Å². The fourth-order valence-electron chi connectivity index (χ4n) is 3.74. The number of aryl methyl sites for hydroxylation is 2. The van der Waals surface area contributed by atoms with Crippen LogP contribution in [-0.2, 0) is 0 Å². The molecule has 0 amide bonds. The summed E-state index contributed by atoms with van der Waals surface area (Å²) in [6, 6.07) is 3.32. The lowest BCUT2D eigenvalue weighted by Gasteiger charge is -2.24. The van der Waals surface area contributed by atoms with Gasteiger partial charge in [-0.25, -0.2) is 4.39 Å². The van der Waals surface area contributed by atoms with Gasteiger partial charge in [0.25, 0.3) is 0 Å². The van der Waals surface area contributed by atoms with Crippen LogP contribution in [0.3, 0.4) is 0 Å². The molecule has 0 spiro atoms. The van der Waals surface area contributed by atoms with E-state index in [1.165, 1.54) is 24.8 Å². The molecule has 0 aliphatic heterocycles. The second-order valence-electron chi connectivity index (χ2n) is 5.97. The molecule has 3 rings (SSSR count). The van der Waals surface area contributed by atoms with Crippen LogP contribution < -0.4 is 5.73 Å². The third-order valence-corrected chi connectivity index (χ3v) is 4.68.